The molecule has 0 spiro atoms. The largest absolute Gasteiger partial charge is 0.316 e. The fourth-order valence-electron chi connectivity index (χ4n) is 2.78. The van der Waals surface area contributed by atoms with Crippen molar-refractivity contribution in [2.75, 3.05) is 33.2 Å². The predicted molar refractivity (Wildman–Crippen MR) is 46.6 cm³/mol. The molecule has 1 N–H and O–H groups in total. The molecule has 0 aromatic heterocycles. The highest BCUT2D eigenvalue weighted by Crippen LogP contribution is 2.47. The van der Waals surface area contributed by atoms with Gasteiger partial charge in [0, 0.05) is 37.0 Å². The number of rotatable bonds is 0. The molecule has 64 valence electrons. The summed E-state index contributed by atoms with van der Waals surface area (Å²) in [6.45, 7) is 9.75. The summed E-state index contributed by atoms with van der Waals surface area (Å²) in [5, 5.41) is 3.50. The molecular weight excluding hydrogens is 136 g/mol. The van der Waals surface area contributed by atoms with Gasteiger partial charge in [-0.05, 0) is 7.05 Å². The molecule has 0 amide bonds. The molecule has 2 rings (SSSR count). The average molecular weight is 154 g/mol. The number of nitrogens with one attached hydrogen (secondary N) is 1. The van der Waals surface area contributed by atoms with Gasteiger partial charge in [0.15, 0.2) is 0 Å². The summed E-state index contributed by atoms with van der Waals surface area (Å²) in [6, 6.07) is 0. The summed E-state index contributed by atoms with van der Waals surface area (Å²) in [4.78, 5) is 2.46. The Morgan fingerprint density at radius 3 is 2.00 bits per heavy atom. The fourth-order valence-corrected chi connectivity index (χ4v) is 2.78. The molecule has 2 heteroatoms. The van der Waals surface area contributed by atoms with Crippen molar-refractivity contribution >= 4 is 0 Å². The molecule has 2 nitrogen and oxygen atoms in total. The Morgan fingerprint density at radius 2 is 1.55 bits per heavy atom. The highest BCUT2D eigenvalue weighted by Gasteiger charge is 2.53. The van der Waals surface area contributed by atoms with E-state index >= 15 is 0 Å². The maximum Gasteiger partial charge on any atom is 0.00509 e. The molecule has 11 heavy (non-hydrogen) atoms. The van der Waals surface area contributed by atoms with Crippen LogP contribution in [0, 0.1) is 10.8 Å². The Bertz CT molecular complexity index is 162. The summed E-state index contributed by atoms with van der Waals surface area (Å²) >= 11 is 0. The van der Waals surface area contributed by atoms with Crippen molar-refractivity contribution in [3.8, 4) is 0 Å². The normalized spacial score (nSPS) is 51.5. The van der Waals surface area contributed by atoms with Crippen molar-refractivity contribution in [2.45, 2.75) is 13.8 Å². The summed E-state index contributed by atoms with van der Waals surface area (Å²) in [6.07, 6.45) is 0. The van der Waals surface area contributed by atoms with Gasteiger partial charge in [-0.15, -0.1) is 0 Å². The van der Waals surface area contributed by atoms with Gasteiger partial charge in [0.05, 0.1) is 0 Å². The monoisotopic (exact) mass is 154 g/mol. The van der Waals surface area contributed by atoms with Gasteiger partial charge in [-0.3, -0.25) is 0 Å². The van der Waals surface area contributed by atoms with E-state index in [0.29, 0.717) is 10.8 Å². The van der Waals surface area contributed by atoms with Gasteiger partial charge in [0.2, 0.25) is 0 Å². The first-order chi connectivity index (χ1) is 5.06. The van der Waals surface area contributed by atoms with E-state index in [2.05, 4.69) is 31.1 Å². The van der Waals surface area contributed by atoms with Gasteiger partial charge in [-0.2, -0.15) is 0 Å². The van der Waals surface area contributed by atoms with E-state index in [0.717, 1.165) is 0 Å². The smallest absolute Gasteiger partial charge is 0.00509 e. The van der Waals surface area contributed by atoms with Gasteiger partial charge in [-0.1, -0.05) is 13.8 Å². The topological polar surface area (TPSA) is 15.3 Å². The molecule has 2 aliphatic rings. The quantitative estimate of drug-likeness (QED) is 0.548. The van der Waals surface area contributed by atoms with Crippen LogP contribution in [0.15, 0.2) is 0 Å². The molecule has 2 saturated heterocycles. The standard InChI is InChI=1S/C9H18N2/c1-8-4-10-5-9(8,2)7-11(3)6-8/h10H,4-7H2,1-3H3. The molecule has 2 aliphatic heterocycles. The highest BCUT2D eigenvalue weighted by atomic mass is 15.2. The zero-order valence-electron chi connectivity index (χ0n) is 7.78. The number of likely N-dealkylation sites (tertiary alicyclic amines) is 1. The Balaban J connectivity index is 2.28. The van der Waals surface area contributed by atoms with Crippen molar-refractivity contribution in [3.63, 3.8) is 0 Å². The van der Waals surface area contributed by atoms with E-state index in [4.69, 9.17) is 0 Å². The summed E-state index contributed by atoms with van der Waals surface area (Å²) < 4.78 is 0. The molecule has 2 unspecified atom stereocenters. The maximum absolute atomic E-state index is 3.50. The molecule has 2 heterocycles. The van der Waals surface area contributed by atoms with Gasteiger partial charge < -0.3 is 10.2 Å². The van der Waals surface area contributed by atoms with Crippen LogP contribution in [0.1, 0.15) is 13.8 Å². The van der Waals surface area contributed by atoms with Gasteiger partial charge in [-0.25, -0.2) is 0 Å². The predicted octanol–water partition coefficient (Wildman–Crippen LogP) is 0.548. The van der Waals surface area contributed by atoms with Crippen LogP contribution in [0.25, 0.3) is 0 Å². The third-order valence-electron chi connectivity index (χ3n) is 3.73. The average Bonchev–Trinajstić information content (AvgIpc) is 2.16. The third-order valence-corrected chi connectivity index (χ3v) is 3.73. The van der Waals surface area contributed by atoms with Crippen LogP contribution < -0.4 is 5.32 Å². The SMILES string of the molecule is CN1CC2(C)CNCC2(C)C1. The Labute approximate surface area is 69.0 Å². The first-order valence-corrected chi connectivity index (χ1v) is 4.45. The van der Waals surface area contributed by atoms with Gasteiger partial charge >= 0.3 is 0 Å². The molecule has 2 fully saturated rings. The Kier molecular flexibility index (Phi) is 1.37. The maximum atomic E-state index is 3.50. The van der Waals surface area contributed by atoms with Crippen LogP contribution in [0.4, 0.5) is 0 Å². The van der Waals surface area contributed by atoms with Crippen molar-refractivity contribution in [1.29, 1.82) is 0 Å². The van der Waals surface area contributed by atoms with Crippen LogP contribution in [0.2, 0.25) is 0 Å². The molecule has 0 bridgehead atoms. The minimum Gasteiger partial charge on any atom is -0.316 e. The molecule has 0 aromatic rings. The number of nitrogens with zero attached hydrogens (tertiary/aromatic N) is 1. The second-order valence-corrected chi connectivity index (χ2v) is 4.90. The number of hydrogen-bond donors (Lipinski definition) is 1. The summed E-state index contributed by atoms with van der Waals surface area (Å²) in [7, 11) is 2.23. The second-order valence-electron chi connectivity index (χ2n) is 4.90. The van der Waals surface area contributed by atoms with E-state index in [9.17, 15) is 0 Å². The molecule has 0 radical (unpaired) electrons. The van der Waals surface area contributed by atoms with Crippen LogP contribution in [0.5, 0.6) is 0 Å². The molecular formula is C9H18N2. The van der Waals surface area contributed by atoms with E-state index < -0.39 is 0 Å². The minimum atomic E-state index is 0.530. The number of hydrogen-bond acceptors (Lipinski definition) is 2. The molecule has 0 aromatic carbocycles. The fraction of sp³-hybridized carbons (Fsp3) is 1.00. The molecule has 0 saturated carbocycles. The lowest BCUT2D eigenvalue weighted by molar-refractivity contribution is 0.212. The minimum absolute atomic E-state index is 0.530. The lowest BCUT2D eigenvalue weighted by atomic mass is 9.71. The van der Waals surface area contributed by atoms with Crippen molar-refractivity contribution in [1.82, 2.24) is 10.2 Å². The second kappa shape index (κ2) is 1.99. The van der Waals surface area contributed by atoms with Gasteiger partial charge in [0.1, 0.15) is 0 Å². The first kappa shape index (κ1) is 7.56. The third kappa shape index (κ3) is 0.859. The Hall–Kier alpha value is -0.0800. The van der Waals surface area contributed by atoms with E-state index in [1.54, 1.807) is 0 Å². The van der Waals surface area contributed by atoms with E-state index in [1.165, 1.54) is 26.2 Å². The molecule has 2 atom stereocenters. The van der Waals surface area contributed by atoms with E-state index in [1.807, 2.05) is 0 Å². The Morgan fingerprint density at radius 1 is 1.09 bits per heavy atom. The van der Waals surface area contributed by atoms with E-state index in [-0.39, 0.29) is 0 Å². The van der Waals surface area contributed by atoms with Crippen LogP contribution in [-0.2, 0) is 0 Å². The highest BCUT2D eigenvalue weighted by molar-refractivity contribution is 5.07. The zero-order chi connectivity index (χ0) is 8.11. The van der Waals surface area contributed by atoms with Crippen molar-refractivity contribution in [3.05, 3.63) is 0 Å². The summed E-state index contributed by atoms with van der Waals surface area (Å²) in [5.74, 6) is 0. The van der Waals surface area contributed by atoms with Crippen LogP contribution >= 0.6 is 0 Å². The zero-order valence-corrected chi connectivity index (χ0v) is 7.78. The van der Waals surface area contributed by atoms with Gasteiger partial charge in [0.25, 0.3) is 0 Å². The van der Waals surface area contributed by atoms with Crippen molar-refractivity contribution in [2.24, 2.45) is 10.8 Å². The van der Waals surface area contributed by atoms with Crippen LogP contribution in [0.3, 0.4) is 0 Å². The number of fused-ring (bicyclic) bond motifs is 1. The lowest BCUT2D eigenvalue weighted by Crippen LogP contribution is -2.34. The summed E-state index contributed by atoms with van der Waals surface area (Å²) in [5.41, 5.74) is 1.06. The molecule has 0 aliphatic carbocycles. The first-order valence-electron chi connectivity index (χ1n) is 4.45. The lowest BCUT2D eigenvalue weighted by Gasteiger charge is -2.31. The van der Waals surface area contributed by atoms with Crippen LogP contribution in [-0.4, -0.2) is 38.1 Å². The van der Waals surface area contributed by atoms with Crippen molar-refractivity contribution < 1.29 is 0 Å².